The molecule has 2 heterocycles. The van der Waals surface area contributed by atoms with Crippen molar-refractivity contribution in [1.82, 2.24) is 9.80 Å². The Labute approximate surface area is 272 Å². The number of amides is 4. The zero-order chi connectivity index (χ0) is 30.8. The molecule has 6 rings (SSSR count). The van der Waals surface area contributed by atoms with Crippen molar-refractivity contribution in [3.8, 4) is 0 Å². The molecular weight excluding hydrogens is 633 g/mol. The number of nitrogens with one attached hydrogen (secondary N) is 2. The molecule has 2 N–H and O–H groups in total. The van der Waals surface area contributed by atoms with Crippen LogP contribution in [0.1, 0.15) is 12.8 Å². The van der Waals surface area contributed by atoms with Crippen molar-refractivity contribution in [3.05, 3.63) is 94.7 Å². The molecule has 0 bridgehead atoms. The quantitative estimate of drug-likeness (QED) is 0.169. The minimum atomic E-state index is -0.437. The molecule has 8 nitrogen and oxygen atoms in total. The highest BCUT2D eigenvalue weighted by Crippen LogP contribution is 2.42. The lowest BCUT2D eigenvalue weighted by atomic mass is 10.1. The number of nitrogens with zero attached hydrogens (tertiary/aromatic N) is 2. The fourth-order valence-corrected chi connectivity index (χ4v) is 7.63. The summed E-state index contributed by atoms with van der Waals surface area (Å²) in [5.41, 5.74) is 1.32. The lowest BCUT2D eigenvalue weighted by Crippen LogP contribution is -2.33. The molecule has 0 atom stereocenters. The summed E-state index contributed by atoms with van der Waals surface area (Å²) in [4.78, 5) is 54.9. The van der Waals surface area contributed by atoms with Crippen molar-refractivity contribution in [3.63, 3.8) is 0 Å². The highest BCUT2D eigenvalue weighted by Gasteiger charge is 2.42. The molecule has 4 aromatic rings. The molecule has 0 spiro atoms. The number of benzene rings is 4. The molecule has 0 aromatic heterocycles. The summed E-state index contributed by atoms with van der Waals surface area (Å²) >= 11 is 12.9. The van der Waals surface area contributed by atoms with Gasteiger partial charge < -0.3 is 10.6 Å². The Morgan fingerprint density at radius 1 is 0.591 bits per heavy atom. The summed E-state index contributed by atoms with van der Waals surface area (Å²) in [5.74, 6) is -1.40. The van der Waals surface area contributed by atoms with Crippen LogP contribution in [-0.2, 0) is 19.2 Å². The Hall–Kier alpha value is -4.10. The van der Waals surface area contributed by atoms with Gasteiger partial charge in [-0.15, -0.1) is 0 Å². The zero-order valence-electron chi connectivity index (χ0n) is 23.1. The third-order valence-corrected chi connectivity index (χ3v) is 10.1. The summed E-state index contributed by atoms with van der Waals surface area (Å²) in [6.45, 7) is 0.144. The van der Waals surface area contributed by atoms with Gasteiger partial charge in [0.25, 0.3) is 11.8 Å². The number of thioether (sulfide) groups is 2. The molecule has 4 aromatic carbocycles. The second kappa shape index (κ2) is 12.9. The number of carbonyl (C=O) groups excluding carboxylic acids is 4. The summed E-state index contributed by atoms with van der Waals surface area (Å²) in [5, 5.41) is 9.87. The molecule has 0 aliphatic carbocycles. The summed E-state index contributed by atoms with van der Waals surface area (Å²) in [6, 6.07) is 27.0. The molecule has 0 radical (unpaired) electrons. The van der Waals surface area contributed by atoms with E-state index >= 15 is 0 Å². The molecule has 44 heavy (non-hydrogen) atoms. The summed E-state index contributed by atoms with van der Waals surface area (Å²) < 4.78 is 0.534. The van der Waals surface area contributed by atoms with Gasteiger partial charge in [0, 0.05) is 37.3 Å². The van der Waals surface area contributed by atoms with E-state index < -0.39 is 11.8 Å². The number of rotatable bonds is 8. The van der Waals surface area contributed by atoms with Gasteiger partial charge in [0.05, 0.1) is 9.81 Å². The van der Waals surface area contributed by atoms with Crippen molar-refractivity contribution in [1.29, 1.82) is 0 Å². The molecule has 0 saturated carbocycles. The van der Waals surface area contributed by atoms with Crippen molar-refractivity contribution in [2.75, 3.05) is 23.7 Å². The molecule has 12 heteroatoms. The van der Waals surface area contributed by atoms with Gasteiger partial charge in [0.15, 0.2) is 0 Å². The SMILES string of the molecule is O=C(CCN1C(=O)/C(=C2\SC(=S)N(CCC(=O)Nc3ccc4ccccc4c3)C2=O)SC1=S)Nc1ccc2ccccc2c1. The maximum Gasteiger partial charge on any atom is 0.267 e. The predicted molar refractivity (Wildman–Crippen MR) is 185 cm³/mol. The highest BCUT2D eigenvalue weighted by molar-refractivity contribution is 8.29. The van der Waals surface area contributed by atoms with Crippen LogP contribution >= 0.6 is 48.0 Å². The largest absolute Gasteiger partial charge is 0.326 e. The van der Waals surface area contributed by atoms with Crippen molar-refractivity contribution in [2.24, 2.45) is 0 Å². The lowest BCUT2D eigenvalue weighted by Gasteiger charge is -2.15. The second-order valence-corrected chi connectivity index (χ2v) is 13.3. The maximum atomic E-state index is 13.3. The number of thiocarbonyl (C=S) groups is 2. The first-order valence-corrected chi connectivity index (χ1v) is 16.1. The smallest absolute Gasteiger partial charge is 0.267 e. The van der Waals surface area contributed by atoms with Crippen LogP contribution in [0.5, 0.6) is 0 Å². The van der Waals surface area contributed by atoms with Gasteiger partial charge in [-0.25, -0.2) is 0 Å². The first-order valence-electron chi connectivity index (χ1n) is 13.7. The van der Waals surface area contributed by atoms with Gasteiger partial charge in [0.1, 0.15) is 8.64 Å². The van der Waals surface area contributed by atoms with Crippen LogP contribution in [0, 0.1) is 0 Å². The predicted octanol–water partition coefficient (Wildman–Crippen LogP) is 6.28. The van der Waals surface area contributed by atoms with Crippen molar-refractivity contribution in [2.45, 2.75) is 12.8 Å². The third kappa shape index (κ3) is 6.39. The van der Waals surface area contributed by atoms with Crippen molar-refractivity contribution >= 4 is 113 Å². The van der Waals surface area contributed by atoms with Crippen LogP contribution in [0.15, 0.2) is 94.7 Å². The van der Waals surface area contributed by atoms with E-state index in [9.17, 15) is 19.2 Å². The normalized spacial score (nSPS) is 16.8. The van der Waals surface area contributed by atoms with E-state index in [4.69, 9.17) is 24.4 Å². The van der Waals surface area contributed by atoms with Crippen LogP contribution < -0.4 is 10.6 Å². The third-order valence-electron chi connectivity index (χ3n) is 7.10. The Balaban J connectivity index is 1.04. The molecule has 2 aliphatic heterocycles. The number of hydrogen-bond acceptors (Lipinski definition) is 8. The van der Waals surface area contributed by atoms with E-state index in [0.717, 1.165) is 45.1 Å². The van der Waals surface area contributed by atoms with Gasteiger partial charge in [-0.1, -0.05) is 109 Å². The number of hydrogen-bond donors (Lipinski definition) is 2. The van der Waals surface area contributed by atoms with Crippen LogP contribution in [0.3, 0.4) is 0 Å². The Bertz CT molecular complexity index is 1790. The molecule has 2 fully saturated rings. The van der Waals surface area contributed by atoms with E-state index in [2.05, 4.69) is 10.6 Å². The van der Waals surface area contributed by atoms with Gasteiger partial charge in [-0.2, -0.15) is 0 Å². The first kappa shape index (κ1) is 29.9. The molecule has 2 aliphatic rings. The monoisotopic (exact) mass is 656 g/mol. The van der Waals surface area contributed by atoms with E-state index in [0.29, 0.717) is 11.4 Å². The van der Waals surface area contributed by atoms with E-state index in [1.54, 1.807) is 0 Å². The Kier molecular flexibility index (Phi) is 8.76. The number of carbonyl (C=O) groups is 4. The summed E-state index contributed by atoms with van der Waals surface area (Å²) in [6.07, 6.45) is 0.0552. The van der Waals surface area contributed by atoms with Crippen LogP contribution in [0.25, 0.3) is 21.5 Å². The highest BCUT2D eigenvalue weighted by atomic mass is 32.2. The number of anilines is 2. The van der Waals surface area contributed by atoms with Crippen LogP contribution in [-0.4, -0.2) is 55.2 Å². The van der Waals surface area contributed by atoms with Crippen molar-refractivity contribution < 1.29 is 19.2 Å². The fourth-order valence-electron chi connectivity index (χ4n) is 4.86. The minimum absolute atomic E-state index is 0.0276. The maximum absolute atomic E-state index is 13.3. The summed E-state index contributed by atoms with van der Waals surface area (Å²) in [7, 11) is 0. The van der Waals surface area contributed by atoms with Gasteiger partial charge in [0.2, 0.25) is 11.8 Å². The molecular formula is C32H24N4O4S4. The minimum Gasteiger partial charge on any atom is -0.326 e. The topological polar surface area (TPSA) is 98.8 Å². The van der Waals surface area contributed by atoms with E-state index in [-0.39, 0.29) is 56.2 Å². The first-order chi connectivity index (χ1) is 21.3. The van der Waals surface area contributed by atoms with Gasteiger partial charge >= 0.3 is 0 Å². The zero-order valence-corrected chi connectivity index (χ0v) is 26.3. The van der Waals surface area contributed by atoms with Gasteiger partial charge in [-0.3, -0.25) is 29.0 Å². The molecule has 2 saturated heterocycles. The van der Waals surface area contributed by atoms with E-state index in [1.165, 1.54) is 9.80 Å². The number of fused-ring (bicyclic) bond motifs is 2. The average Bonchev–Trinajstić information content (AvgIpc) is 3.46. The molecule has 4 amide bonds. The Morgan fingerprint density at radius 2 is 0.977 bits per heavy atom. The van der Waals surface area contributed by atoms with E-state index in [1.807, 2.05) is 84.9 Å². The van der Waals surface area contributed by atoms with Gasteiger partial charge in [-0.05, 0) is 45.8 Å². The average molecular weight is 657 g/mol. The lowest BCUT2D eigenvalue weighted by molar-refractivity contribution is -0.125. The van der Waals surface area contributed by atoms with Crippen LogP contribution in [0.2, 0.25) is 0 Å². The fraction of sp³-hybridized carbons (Fsp3) is 0.125. The Morgan fingerprint density at radius 3 is 1.39 bits per heavy atom. The molecule has 0 unspecified atom stereocenters. The van der Waals surface area contributed by atoms with Crippen LogP contribution in [0.4, 0.5) is 11.4 Å². The molecule has 220 valence electrons. The standard InChI is InChI=1S/C32H24N4O4S4/c37-25(33-23-11-9-19-5-1-3-7-21(19)17-23)13-15-35-29(39)27(43-31(35)41)28-30(40)36(32(42)44-28)16-14-26(38)34-24-12-10-20-6-2-4-8-22(20)18-24/h1-12,17-18H,13-16H2,(H,33,37)(H,34,38)/b28-27+. The second-order valence-electron chi connectivity index (χ2n) is 10.0.